The summed E-state index contributed by atoms with van der Waals surface area (Å²) in [5.74, 6) is 3.44. The largest absolute Gasteiger partial charge is 0.399 e. The molecule has 0 heterocycles. The Balaban J connectivity index is 2.42. The predicted octanol–water partition coefficient (Wildman–Crippen LogP) is 3.77. The summed E-state index contributed by atoms with van der Waals surface area (Å²) >= 11 is 9.77. The summed E-state index contributed by atoms with van der Waals surface area (Å²) in [6.45, 7) is 2.17. The van der Waals surface area contributed by atoms with Crippen LogP contribution in [-0.2, 0) is 0 Å². The highest BCUT2D eigenvalue weighted by molar-refractivity contribution is 8.03. The summed E-state index contributed by atoms with van der Waals surface area (Å²) < 4.78 is 0. The van der Waals surface area contributed by atoms with Crippen LogP contribution in [0.2, 0.25) is 5.02 Å². The van der Waals surface area contributed by atoms with E-state index in [2.05, 4.69) is 6.92 Å². The lowest BCUT2D eigenvalue weighted by Crippen LogP contribution is -1.87. The van der Waals surface area contributed by atoms with E-state index < -0.39 is 0 Å². The molecule has 0 unspecified atom stereocenters. The molecule has 0 fully saturated rings. The molecule has 0 spiro atoms. The molecule has 14 heavy (non-hydrogen) atoms. The Morgan fingerprint density at radius 2 is 2.14 bits per heavy atom. The zero-order valence-corrected chi connectivity index (χ0v) is 10.5. The average molecular weight is 248 g/mol. The lowest BCUT2D eigenvalue weighted by Gasteiger charge is -2.04. The van der Waals surface area contributed by atoms with E-state index in [1.165, 1.54) is 11.5 Å². The molecule has 1 aromatic carbocycles. The molecule has 78 valence electrons. The first-order valence-corrected chi connectivity index (χ1v) is 7.01. The van der Waals surface area contributed by atoms with Crippen molar-refractivity contribution in [1.29, 1.82) is 0 Å². The van der Waals surface area contributed by atoms with Crippen molar-refractivity contribution in [2.45, 2.75) is 11.8 Å². The molecule has 0 aliphatic carbocycles. The fourth-order valence-corrected chi connectivity index (χ4v) is 3.02. The van der Waals surface area contributed by atoms with Gasteiger partial charge in [0.25, 0.3) is 0 Å². The number of thioether (sulfide) groups is 2. The van der Waals surface area contributed by atoms with Gasteiger partial charge in [-0.3, -0.25) is 0 Å². The van der Waals surface area contributed by atoms with Crippen molar-refractivity contribution in [3.05, 3.63) is 23.2 Å². The maximum Gasteiger partial charge on any atom is 0.0562 e. The third kappa shape index (κ3) is 4.03. The lowest BCUT2D eigenvalue weighted by atomic mass is 10.3. The van der Waals surface area contributed by atoms with Crippen LogP contribution in [0.5, 0.6) is 0 Å². The second kappa shape index (κ2) is 6.49. The van der Waals surface area contributed by atoms with Gasteiger partial charge < -0.3 is 5.73 Å². The van der Waals surface area contributed by atoms with E-state index in [-0.39, 0.29) is 0 Å². The highest BCUT2D eigenvalue weighted by Crippen LogP contribution is 2.29. The molecule has 0 bridgehead atoms. The monoisotopic (exact) mass is 247 g/mol. The molecule has 2 N–H and O–H groups in total. The average Bonchev–Trinajstić information content (AvgIpc) is 2.15. The molecule has 1 nitrogen and oxygen atoms in total. The minimum Gasteiger partial charge on any atom is -0.399 e. The van der Waals surface area contributed by atoms with Crippen LogP contribution in [0.15, 0.2) is 23.1 Å². The molecule has 4 heteroatoms. The standard InChI is InChI=1S/C10H14ClNS2/c1-2-13-5-6-14-10-4-3-8(12)7-9(10)11/h3-4,7H,2,5-6,12H2,1H3. The minimum atomic E-state index is 0.724. The fraction of sp³-hybridized carbons (Fsp3) is 0.400. The second-order valence-corrected chi connectivity index (χ2v) is 5.67. The molecule has 0 radical (unpaired) electrons. The number of hydrogen-bond acceptors (Lipinski definition) is 3. The molecule has 0 aliphatic rings. The number of rotatable bonds is 5. The highest BCUT2D eigenvalue weighted by atomic mass is 35.5. The van der Waals surface area contributed by atoms with E-state index >= 15 is 0 Å². The number of anilines is 1. The van der Waals surface area contributed by atoms with Crippen molar-refractivity contribution in [3.63, 3.8) is 0 Å². The van der Waals surface area contributed by atoms with Crippen molar-refractivity contribution in [2.75, 3.05) is 23.0 Å². The summed E-state index contributed by atoms with van der Waals surface area (Å²) in [5, 5.41) is 0.761. The fourth-order valence-electron chi connectivity index (χ4n) is 0.989. The number of benzene rings is 1. The zero-order chi connectivity index (χ0) is 10.4. The van der Waals surface area contributed by atoms with E-state index in [4.69, 9.17) is 17.3 Å². The molecule has 1 rings (SSSR count). The van der Waals surface area contributed by atoms with Crippen LogP contribution in [0.4, 0.5) is 5.69 Å². The topological polar surface area (TPSA) is 26.0 Å². The van der Waals surface area contributed by atoms with Gasteiger partial charge in [-0.25, -0.2) is 0 Å². The van der Waals surface area contributed by atoms with Crippen LogP contribution in [0.3, 0.4) is 0 Å². The molecule has 0 aliphatic heterocycles. The minimum absolute atomic E-state index is 0.724. The quantitative estimate of drug-likeness (QED) is 0.487. The summed E-state index contributed by atoms with van der Waals surface area (Å²) in [5.41, 5.74) is 6.33. The van der Waals surface area contributed by atoms with E-state index in [0.29, 0.717) is 0 Å². The molecule has 0 aromatic heterocycles. The smallest absolute Gasteiger partial charge is 0.0562 e. The summed E-state index contributed by atoms with van der Waals surface area (Å²) in [6.07, 6.45) is 0. The highest BCUT2D eigenvalue weighted by Gasteiger charge is 2.00. The van der Waals surface area contributed by atoms with Crippen molar-refractivity contribution in [3.8, 4) is 0 Å². The van der Waals surface area contributed by atoms with E-state index in [1.54, 1.807) is 17.8 Å². The van der Waals surface area contributed by atoms with Gasteiger partial charge in [0.15, 0.2) is 0 Å². The first-order valence-electron chi connectivity index (χ1n) is 4.49. The SMILES string of the molecule is CCSCCSc1ccc(N)cc1Cl. The first-order chi connectivity index (χ1) is 6.74. The Labute approximate surface area is 98.8 Å². The molecule has 1 aromatic rings. The second-order valence-electron chi connectivity index (χ2n) is 2.74. The van der Waals surface area contributed by atoms with Crippen LogP contribution in [-0.4, -0.2) is 17.3 Å². The van der Waals surface area contributed by atoms with Gasteiger partial charge in [-0.1, -0.05) is 18.5 Å². The van der Waals surface area contributed by atoms with Gasteiger partial charge in [0.2, 0.25) is 0 Å². The Morgan fingerprint density at radius 1 is 1.36 bits per heavy atom. The van der Waals surface area contributed by atoms with Gasteiger partial charge in [0.1, 0.15) is 0 Å². The van der Waals surface area contributed by atoms with Gasteiger partial charge in [0, 0.05) is 22.1 Å². The summed E-state index contributed by atoms with van der Waals surface area (Å²) in [4.78, 5) is 1.12. The number of nitrogen functional groups attached to an aromatic ring is 1. The summed E-state index contributed by atoms with van der Waals surface area (Å²) in [7, 11) is 0. The zero-order valence-electron chi connectivity index (χ0n) is 8.13. The lowest BCUT2D eigenvalue weighted by molar-refractivity contribution is 1.43. The van der Waals surface area contributed by atoms with E-state index in [9.17, 15) is 0 Å². The van der Waals surface area contributed by atoms with Crippen LogP contribution < -0.4 is 5.73 Å². The van der Waals surface area contributed by atoms with Gasteiger partial charge in [-0.05, 0) is 24.0 Å². The van der Waals surface area contributed by atoms with Crippen LogP contribution in [0.1, 0.15) is 6.92 Å². The van der Waals surface area contributed by atoms with Crippen LogP contribution in [0, 0.1) is 0 Å². The van der Waals surface area contributed by atoms with Crippen molar-refractivity contribution in [2.24, 2.45) is 0 Å². The number of hydrogen-bond donors (Lipinski definition) is 1. The maximum atomic E-state index is 6.03. The molecular formula is C10H14ClNS2. The molecule has 0 amide bonds. The number of halogens is 1. The van der Waals surface area contributed by atoms with Gasteiger partial charge in [-0.15, -0.1) is 11.8 Å². The summed E-state index contributed by atoms with van der Waals surface area (Å²) in [6, 6.07) is 5.68. The normalized spacial score (nSPS) is 10.4. The van der Waals surface area contributed by atoms with Crippen LogP contribution >= 0.6 is 35.1 Å². The Morgan fingerprint density at radius 3 is 2.79 bits per heavy atom. The Bertz CT molecular complexity index is 291. The maximum absolute atomic E-state index is 6.03. The van der Waals surface area contributed by atoms with Gasteiger partial charge in [-0.2, -0.15) is 11.8 Å². The third-order valence-electron chi connectivity index (χ3n) is 1.65. The molecule has 0 atom stereocenters. The molecule has 0 saturated heterocycles. The van der Waals surface area contributed by atoms with E-state index in [0.717, 1.165) is 21.4 Å². The van der Waals surface area contributed by atoms with Gasteiger partial charge in [0.05, 0.1) is 5.02 Å². The van der Waals surface area contributed by atoms with Crippen molar-refractivity contribution >= 4 is 40.8 Å². The Hall–Kier alpha value is 0.01000. The Kier molecular flexibility index (Phi) is 5.60. The van der Waals surface area contributed by atoms with Crippen LogP contribution in [0.25, 0.3) is 0 Å². The van der Waals surface area contributed by atoms with Crippen molar-refractivity contribution in [1.82, 2.24) is 0 Å². The van der Waals surface area contributed by atoms with Gasteiger partial charge >= 0.3 is 0 Å². The number of nitrogens with two attached hydrogens (primary N) is 1. The molecule has 0 saturated carbocycles. The van der Waals surface area contributed by atoms with E-state index in [1.807, 2.05) is 23.9 Å². The molecular weight excluding hydrogens is 234 g/mol. The predicted molar refractivity (Wildman–Crippen MR) is 69.6 cm³/mol. The third-order valence-corrected chi connectivity index (χ3v) is 4.30. The van der Waals surface area contributed by atoms with Crippen molar-refractivity contribution < 1.29 is 0 Å². The first kappa shape index (κ1) is 12.1.